The number of hydrogen-bond donors (Lipinski definition) is 2. The van der Waals surface area contributed by atoms with Crippen molar-refractivity contribution in [3.8, 4) is 34.4 Å². The van der Waals surface area contributed by atoms with Crippen molar-refractivity contribution in [3.05, 3.63) is 58.2 Å². The number of pyridine rings is 1. The molecule has 4 aromatic rings. The summed E-state index contributed by atoms with van der Waals surface area (Å²) in [4.78, 5) is 83.3. The number of amides is 4. The lowest BCUT2D eigenvalue weighted by molar-refractivity contribution is -0.155. The third-order valence-electron chi connectivity index (χ3n) is 13.8. The number of rotatable bonds is 8. The van der Waals surface area contributed by atoms with E-state index in [1.54, 1.807) is 30.0 Å². The third kappa shape index (κ3) is 8.97. The monoisotopic (exact) mass is 918 g/mol. The molecule has 0 saturated carbocycles. The molecule has 2 N–H and O–H groups in total. The van der Waals surface area contributed by atoms with Gasteiger partial charge in [-0.25, -0.2) is 10.4 Å². The van der Waals surface area contributed by atoms with Gasteiger partial charge in [0.25, 0.3) is 11.8 Å². The summed E-state index contributed by atoms with van der Waals surface area (Å²) < 4.78 is 14.2. The van der Waals surface area contributed by atoms with Crippen LogP contribution in [-0.2, 0) is 52.8 Å². The van der Waals surface area contributed by atoms with Crippen molar-refractivity contribution >= 4 is 51.8 Å². The van der Waals surface area contributed by atoms with Gasteiger partial charge >= 0.3 is 5.97 Å². The molecule has 0 aliphatic carbocycles. The molecule has 3 aromatic heterocycles. The number of methoxy groups -OCH3 is 1. The highest BCUT2D eigenvalue weighted by Gasteiger charge is 2.54. The molecular formula is C50H62N8O7S. The van der Waals surface area contributed by atoms with Crippen LogP contribution in [0.4, 0.5) is 0 Å². The second kappa shape index (κ2) is 18.9. The second-order valence-corrected chi connectivity index (χ2v) is 20.3. The fourth-order valence-electron chi connectivity index (χ4n) is 10.3. The van der Waals surface area contributed by atoms with Crippen molar-refractivity contribution in [1.29, 1.82) is 0 Å². The van der Waals surface area contributed by atoms with E-state index in [4.69, 9.17) is 19.4 Å². The van der Waals surface area contributed by atoms with E-state index in [0.29, 0.717) is 63.3 Å². The van der Waals surface area contributed by atoms with Crippen LogP contribution in [0.25, 0.3) is 33.4 Å². The van der Waals surface area contributed by atoms with Gasteiger partial charge in [0.2, 0.25) is 11.8 Å². The number of aromatic nitrogens is 3. The maximum atomic E-state index is 14.7. The van der Waals surface area contributed by atoms with Gasteiger partial charge in [0.15, 0.2) is 0 Å². The van der Waals surface area contributed by atoms with Crippen molar-refractivity contribution in [2.45, 2.75) is 118 Å². The summed E-state index contributed by atoms with van der Waals surface area (Å²) in [5.74, 6) is 3.17. The van der Waals surface area contributed by atoms with E-state index >= 15 is 0 Å². The van der Waals surface area contributed by atoms with Crippen LogP contribution < -0.4 is 10.7 Å². The zero-order valence-corrected chi connectivity index (χ0v) is 40.2. The molecule has 16 heteroatoms. The zero-order valence-electron chi connectivity index (χ0n) is 39.4. The Kier molecular flexibility index (Phi) is 13.4. The van der Waals surface area contributed by atoms with E-state index < -0.39 is 46.7 Å². The first-order valence-electron chi connectivity index (χ1n) is 23.2. The van der Waals surface area contributed by atoms with Gasteiger partial charge in [-0.05, 0) is 94.5 Å². The number of benzene rings is 1. The summed E-state index contributed by atoms with van der Waals surface area (Å²) in [5.41, 5.74) is 8.51. The minimum Gasteiger partial charge on any atom is -0.464 e. The van der Waals surface area contributed by atoms with Gasteiger partial charge < -0.3 is 29.2 Å². The molecule has 1 spiro atoms. The van der Waals surface area contributed by atoms with Gasteiger partial charge in [-0.15, -0.1) is 11.3 Å². The summed E-state index contributed by atoms with van der Waals surface area (Å²) in [6.45, 7) is 15.9. The molecule has 3 fully saturated rings. The number of likely N-dealkylation sites (tertiary alicyclic amines) is 2. The summed E-state index contributed by atoms with van der Waals surface area (Å²) in [6.07, 6.45) is 4.22. The molecule has 4 aliphatic rings. The van der Waals surface area contributed by atoms with Crippen LogP contribution in [0.3, 0.4) is 0 Å². The number of hydrazine groups is 1. The molecule has 0 radical (unpaired) electrons. The Labute approximate surface area is 390 Å². The van der Waals surface area contributed by atoms with E-state index in [0.717, 1.165) is 44.7 Å². The Morgan fingerprint density at radius 2 is 1.89 bits per heavy atom. The third-order valence-corrected chi connectivity index (χ3v) is 14.7. The minimum absolute atomic E-state index is 0.0836. The normalized spacial score (nSPS) is 23.2. The molecular weight excluding hydrogens is 857 g/mol. The maximum absolute atomic E-state index is 14.7. The standard InChI is InChI=1S/C50H62N8O7S/c1-9-13-41(59)55-22-18-50(28-55)19-23-57(48(50)63)43(30(3)4)45(60)53-37-25-40-52-38(27-66-40)32-16-17-39-34(24-32)35(44(56(39)10-2)33-14-11-20-51-42(33)31(5)64-8)26-49(6,7)29-65-47(62)36-15-12-21-58(54-36)46(37)61/h11,14,16-17,20,24,27,30-31,36-37,43,54H,10,12,15,18-19,21-23,25-26,28-29H2,1-8H3,(H,53,60)/t31-,36-,37-,43?,50+/m0/s1. The Morgan fingerprint density at radius 1 is 1.11 bits per heavy atom. The minimum atomic E-state index is -1.07. The number of carbonyl (C=O) groups excluding carboxylic acids is 5. The van der Waals surface area contributed by atoms with Crippen molar-refractivity contribution in [2.75, 3.05) is 39.9 Å². The Balaban J connectivity index is 1.16. The molecule has 7 heterocycles. The number of esters is 1. The predicted octanol–water partition coefficient (Wildman–Crippen LogP) is 5.70. The van der Waals surface area contributed by atoms with E-state index in [2.05, 4.69) is 72.2 Å². The molecule has 350 valence electrons. The molecule has 3 saturated heterocycles. The predicted molar refractivity (Wildman–Crippen MR) is 251 cm³/mol. The fourth-order valence-corrected chi connectivity index (χ4v) is 11.2. The van der Waals surface area contributed by atoms with Crippen molar-refractivity contribution in [2.24, 2.45) is 16.7 Å². The Bertz CT molecular complexity index is 2610. The van der Waals surface area contributed by atoms with E-state index in [1.165, 1.54) is 16.3 Å². The van der Waals surface area contributed by atoms with Crippen molar-refractivity contribution in [1.82, 2.24) is 40.1 Å². The largest absolute Gasteiger partial charge is 0.464 e. The number of ether oxygens (including phenoxy) is 2. The SMILES string of the molecule is CC#CC(=O)N1CC[C@@]2(CCN(C(C(=O)N[C@H]3Cc4nc(cs4)-c4ccc5c(c4)c(c(-c4cccnc4[C@H](C)OC)n5CC)CC(C)(C)COC(=O)[C@@H]4CCCN(N4)C3=O)C(C)C)C2=O)C1. The van der Waals surface area contributed by atoms with Crippen LogP contribution in [-0.4, -0.2) is 117 Å². The first-order valence-corrected chi connectivity index (χ1v) is 24.1. The van der Waals surface area contributed by atoms with Gasteiger partial charge in [0.05, 0.1) is 40.2 Å². The molecule has 5 atom stereocenters. The first kappa shape index (κ1) is 46.9. The summed E-state index contributed by atoms with van der Waals surface area (Å²) >= 11 is 1.41. The zero-order chi connectivity index (χ0) is 47.1. The lowest BCUT2D eigenvalue weighted by Crippen LogP contribution is -2.62. The van der Waals surface area contributed by atoms with Crippen molar-refractivity contribution < 1.29 is 33.4 Å². The molecule has 15 nitrogen and oxygen atoms in total. The molecule has 8 rings (SSSR count). The van der Waals surface area contributed by atoms with Crippen LogP contribution in [0.5, 0.6) is 0 Å². The van der Waals surface area contributed by atoms with Crippen LogP contribution in [0, 0.1) is 28.6 Å². The van der Waals surface area contributed by atoms with Crippen LogP contribution in [0.15, 0.2) is 41.9 Å². The fraction of sp³-hybridized carbons (Fsp3) is 0.540. The lowest BCUT2D eigenvalue weighted by Gasteiger charge is -2.36. The van der Waals surface area contributed by atoms with Crippen LogP contribution in [0.1, 0.15) is 96.5 Å². The summed E-state index contributed by atoms with van der Waals surface area (Å²) in [6, 6.07) is 7.69. The van der Waals surface area contributed by atoms with Crippen LogP contribution in [0.2, 0.25) is 0 Å². The molecule has 66 heavy (non-hydrogen) atoms. The average Bonchev–Trinajstić information content (AvgIpc) is 4.10. The molecule has 6 bridgehead atoms. The number of thiazole rings is 1. The van der Waals surface area contributed by atoms with Gasteiger partial charge in [-0.1, -0.05) is 39.7 Å². The topological polar surface area (TPSA) is 168 Å². The molecule has 1 unspecified atom stereocenters. The average molecular weight is 919 g/mol. The molecule has 4 amide bonds. The Hall–Kier alpha value is -5.63. The van der Waals surface area contributed by atoms with Gasteiger partial charge in [-0.2, -0.15) is 0 Å². The number of carbonyl (C=O) groups is 5. The number of cyclic esters (lactones) is 1. The smallest absolute Gasteiger partial charge is 0.324 e. The number of aryl methyl sites for hydroxylation is 1. The molecule has 1 aromatic carbocycles. The van der Waals surface area contributed by atoms with Gasteiger partial charge in [0, 0.05) is 85.3 Å². The van der Waals surface area contributed by atoms with E-state index in [-0.39, 0.29) is 43.4 Å². The maximum Gasteiger partial charge on any atom is 0.324 e. The Morgan fingerprint density at radius 3 is 2.64 bits per heavy atom. The highest BCUT2D eigenvalue weighted by molar-refractivity contribution is 7.10. The highest BCUT2D eigenvalue weighted by Crippen LogP contribution is 2.44. The quantitative estimate of drug-likeness (QED) is 0.165. The first-order chi connectivity index (χ1) is 31.6. The molecule has 4 aliphatic heterocycles. The number of nitrogens with zero attached hydrogens (tertiary/aromatic N) is 6. The summed E-state index contributed by atoms with van der Waals surface area (Å²) in [5, 5.41) is 8.17. The van der Waals surface area contributed by atoms with E-state index in [9.17, 15) is 24.0 Å². The number of fused-ring (bicyclic) bond motifs is 6. The second-order valence-electron chi connectivity index (χ2n) is 19.3. The number of hydrogen-bond acceptors (Lipinski definition) is 11. The van der Waals surface area contributed by atoms with Crippen molar-refractivity contribution in [3.63, 3.8) is 0 Å². The van der Waals surface area contributed by atoms with Gasteiger partial charge in [0.1, 0.15) is 18.1 Å². The lowest BCUT2D eigenvalue weighted by atomic mass is 9.84. The van der Waals surface area contributed by atoms with E-state index in [1.807, 2.05) is 32.2 Å². The summed E-state index contributed by atoms with van der Waals surface area (Å²) in [7, 11) is 1.68. The van der Waals surface area contributed by atoms with Crippen LogP contribution >= 0.6 is 11.3 Å². The van der Waals surface area contributed by atoms with Gasteiger partial charge in [-0.3, -0.25) is 34.0 Å². The number of nitrogens with one attached hydrogen (secondary N) is 2. The highest BCUT2D eigenvalue weighted by atomic mass is 32.1.